The summed E-state index contributed by atoms with van der Waals surface area (Å²) < 4.78 is 6.01. The van der Waals surface area contributed by atoms with Crippen LogP contribution in [-0.2, 0) is 11.2 Å². The van der Waals surface area contributed by atoms with E-state index in [2.05, 4.69) is 5.32 Å². The van der Waals surface area contributed by atoms with Gasteiger partial charge in [-0.05, 0) is 44.0 Å². The van der Waals surface area contributed by atoms with Crippen LogP contribution in [0.5, 0.6) is 5.75 Å². The molecule has 0 radical (unpaired) electrons. The van der Waals surface area contributed by atoms with Crippen molar-refractivity contribution < 1.29 is 9.53 Å². The molecule has 1 aliphatic heterocycles. The Hall–Kier alpha value is -1.71. The Bertz CT molecular complexity index is 789. The van der Waals surface area contributed by atoms with Crippen LogP contribution in [-0.4, -0.2) is 11.5 Å². The van der Waals surface area contributed by atoms with Gasteiger partial charge in [0.15, 0.2) is 0 Å². The van der Waals surface area contributed by atoms with Gasteiger partial charge in [0.25, 0.3) is 0 Å². The first-order valence-corrected chi connectivity index (χ1v) is 9.11. The molecule has 2 aromatic carbocycles. The fraction of sp³-hybridized carbons (Fsp3) is 0.350. The Labute approximate surface area is 158 Å². The minimum Gasteiger partial charge on any atom is -0.487 e. The Morgan fingerprint density at radius 1 is 1.20 bits per heavy atom. The van der Waals surface area contributed by atoms with Crippen molar-refractivity contribution in [3.63, 3.8) is 0 Å². The molecule has 0 aliphatic carbocycles. The number of hydrogen-bond donors (Lipinski definition) is 1. The Morgan fingerprint density at radius 2 is 1.96 bits per heavy atom. The lowest BCUT2D eigenvalue weighted by Gasteiger charge is -2.37. The molecule has 0 bridgehead atoms. The van der Waals surface area contributed by atoms with Gasteiger partial charge in [-0.1, -0.05) is 47.5 Å². The molecule has 132 valence electrons. The maximum absolute atomic E-state index is 12.4. The molecule has 3 nitrogen and oxygen atoms in total. The number of rotatable bonds is 4. The molecule has 1 heterocycles. The van der Waals surface area contributed by atoms with Gasteiger partial charge < -0.3 is 10.1 Å². The average molecular weight is 378 g/mol. The van der Waals surface area contributed by atoms with Gasteiger partial charge in [0.2, 0.25) is 5.91 Å². The van der Waals surface area contributed by atoms with Crippen LogP contribution in [0, 0.1) is 0 Å². The molecule has 0 aromatic heterocycles. The summed E-state index contributed by atoms with van der Waals surface area (Å²) >= 11 is 11.9. The Kier molecular flexibility index (Phi) is 5.26. The van der Waals surface area contributed by atoms with Gasteiger partial charge in [-0.15, -0.1) is 0 Å². The van der Waals surface area contributed by atoms with Crippen molar-refractivity contribution in [1.29, 1.82) is 0 Å². The number of halogens is 2. The number of nitrogens with one attached hydrogen (secondary N) is 1. The van der Waals surface area contributed by atoms with Crippen molar-refractivity contribution in [2.45, 2.75) is 44.8 Å². The fourth-order valence-electron chi connectivity index (χ4n) is 3.15. The molecule has 0 fully saturated rings. The van der Waals surface area contributed by atoms with Gasteiger partial charge >= 0.3 is 0 Å². The predicted octanol–water partition coefficient (Wildman–Crippen LogP) is 5.34. The topological polar surface area (TPSA) is 38.3 Å². The lowest BCUT2D eigenvalue weighted by Crippen LogP contribution is -2.41. The highest BCUT2D eigenvalue weighted by atomic mass is 35.5. The third-order valence-corrected chi connectivity index (χ3v) is 5.08. The maximum Gasteiger partial charge on any atom is 0.220 e. The van der Waals surface area contributed by atoms with E-state index in [1.165, 1.54) is 0 Å². The average Bonchev–Trinajstić information content (AvgIpc) is 2.55. The van der Waals surface area contributed by atoms with E-state index in [1.807, 2.05) is 50.2 Å². The number of amides is 1. The molecule has 1 aliphatic rings. The van der Waals surface area contributed by atoms with Crippen molar-refractivity contribution in [3.8, 4) is 5.75 Å². The minimum absolute atomic E-state index is 0.0172. The molecule has 25 heavy (non-hydrogen) atoms. The summed E-state index contributed by atoms with van der Waals surface area (Å²) in [5.74, 6) is 0.858. The highest BCUT2D eigenvalue weighted by molar-refractivity contribution is 6.42. The van der Waals surface area contributed by atoms with Crippen LogP contribution in [0.15, 0.2) is 42.5 Å². The minimum atomic E-state index is -0.310. The number of benzene rings is 2. The van der Waals surface area contributed by atoms with E-state index in [4.69, 9.17) is 27.9 Å². The van der Waals surface area contributed by atoms with Crippen LogP contribution >= 0.6 is 23.2 Å². The third-order valence-electron chi connectivity index (χ3n) is 4.34. The van der Waals surface area contributed by atoms with E-state index in [9.17, 15) is 4.79 Å². The quantitative estimate of drug-likeness (QED) is 0.780. The monoisotopic (exact) mass is 377 g/mol. The summed E-state index contributed by atoms with van der Waals surface area (Å²) in [5, 5.41) is 4.19. The zero-order chi connectivity index (χ0) is 18.0. The predicted molar refractivity (Wildman–Crippen MR) is 101 cm³/mol. The second kappa shape index (κ2) is 7.27. The van der Waals surface area contributed by atoms with Gasteiger partial charge in [0, 0.05) is 18.4 Å². The molecule has 2 aromatic rings. The first-order valence-electron chi connectivity index (χ1n) is 8.35. The third kappa shape index (κ3) is 4.47. The molecule has 5 heteroatoms. The molecule has 0 unspecified atom stereocenters. The van der Waals surface area contributed by atoms with Crippen molar-refractivity contribution in [3.05, 3.63) is 63.6 Å². The first kappa shape index (κ1) is 18.1. The number of ether oxygens (including phenoxy) is 1. The second-order valence-electron chi connectivity index (χ2n) is 6.97. The second-order valence-corrected chi connectivity index (χ2v) is 7.79. The first-order chi connectivity index (χ1) is 11.8. The Balaban J connectivity index is 1.65. The van der Waals surface area contributed by atoms with Crippen LogP contribution in [0.25, 0.3) is 0 Å². The van der Waals surface area contributed by atoms with E-state index in [-0.39, 0.29) is 17.6 Å². The summed E-state index contributed by atoms with van der Waals surface area (Å²) in [6.07, 6.45) is 1.76. The molecular formula is C20H21Cl2NO2. The highest BCUT2D eigenvalue weighted by Crippen LogP contribution is 2.39. The zero-order valence-electron chi connectivity index (χ0n) is 14.3. The standard InChI is InChI=1S/C20H21Cl2NO2/c1-20(2)12-17(14-5-3-4-6-18(14)25-20)23-19(24)10-8-13-7-9-15(21)16(22)11-13/h3-7,9,11,17H,8,10,12H2,1-2H3,(H,23,24)/t17-/m1/s1. The number of para-hydroxylation sites is 1. The van der Waals surface area contributed by atoms with Crippen LogP contribution in [0.2, 0.25) is 10.0 Å². The van der Waals surface area contributed by atoms with Crippen molar-refractivity contribution in [2.24, 2.45) is 0 Å². The van der Waals surface area contributed by atoms with Gasteiger partial charge in [-0.25, -0.2) is 0 Å². The van der Waals surface area contributed by atoms with Crippen molar-refractivity contribution in [2.75, 3.05) is 0 Å². The molecule has 3 rings (SSSR count). The van der Waals surface area contributed by atoms with Crippen LogP contribution in [0.3, 0.4) is 0 Å². The molecule has 1 atom stereocenters. The summed E-state index contributed by atoms with van der Waals surface area (Å²) in [6, 6.07) is 13.3. The van der Waals surface area contributed by atoms with Crippen LogP contribution in [0.1, 0.15) is 43.9 Å². The zero-order valence-corrected chi connectivity index (χ0v) is 15.8. The van der Waals surface area contributed by atoms with Crippen molar-refractivity contribution >= 4 is 29.1 Å². The summed E-state index contributed by atoms with van der Waals surface area (Å²) in [4.78, 5) is 12.4. The van der Waals surface area contributed by atoms with Crippen molar-refractivity contribution in [1.82, 2.24) is 5.32 Å². The number of aryl methyl sites for hydroxylation is 1. The smallest absolute Gasteiger partial charge is 0.220 e. The lowest BCUT2D eigenvalue weighted by atomic mass is 9.89. The van der Waals surface area contributed by atoms with E-state index < -0.39 is 0 Å². The van der Waals surface area contributed by atoms with Crippen LogP contribution < -0.4 is 10.1 Å². The lowest BCUT2D eigenvalue weighted by molar-refractivity contribution is -0.122. The molecule has 0 saturated carbocycles. The van der Waals surface area contributed by atoms with E-state index in [1.54, 1.807) is 6.07 Å². The van der Waals surface area contributed by atoms with Gasteiger partial charge in [-0.3, -0.25) is 4.79 Å². The van der Waals surface area contributed by atoms with Gasteiger partial charge in [0.05, 0.1) is 16.1 Å². The van der Waals surface area contributed by atoms with E-state index in [0.717, 1.165) is 23.3 Å². The molecule has 1 N–H and O–H groups in total. The highest BCUT2D eigenvalue weighted by Gasteiger charge is 2.34. The molecule has 0 saturated heterocycles. The summed E-state index contributed by atoms with van der Waals surface area (Å²) in [7, 11) is 0. The SMILES string of the molecule is CC1(C)C[C@@H](NC(=O)CCc2ccc(Cl)c(Cl)c2)c2ccccc2O1. The molecule has 0 spiro atoms. The molecule has 1 amide bonds. The number of carbonyl (C=O) groups is 1. The summed E-state index contributed by atoms with van der Waals surface area (Å²) in [6.45, 7) is 4.08. The van der Waals surface area contributed by atoms with Gasteiger partial charge in [-0.2, -0.15) is 0 Å². The largest absolute Gasteiger partial charge is 0.487 e. The fourth-order valence-corrected chi connectivity index (χ4v) is 3.47. The van der Waals surface area contributed by atoms with Gasteiger partial charge in [0.1, 0.15) is 11.4 Å². The summed E-state index contributed by atoms with van der Waals surface area (Å²) in [5.41, 5.74) is 1.72. The molecular weight excluding hydrogens is 357 g/mol. The maximum atomic E-state index is 12.4. The Morgan fingerprint density at radius 3 is 2.72 bits per heavy atom. The number of carbonyl (C=O) groups excluding carboxylic acids is 1. The van der Waals surface area contributed by atoms with E-state index in [0.29, 0.717) is 22.9 Å². The van der Waals surface area contributed by atoms with Crippen LogP contribution in [0.4, 0.5) is 0 Å². The number of fused-ring (bicyclic) bond motifs is 1. The van der Waals surface area contributed by atoms with E-state index >= 15 is 0 Å². The number of hydrogen-bond acceptors (Lipinski definition) is 2. The normalized spacial score (nSPS) is 18.2.